The highest BCUT2D eigenvalue weighted by Crippen LogP contribution is 1.88. The number of likely N-dealkylation sites (N-methyl/N-ethyl adjacent to an activating group) is 1. The van der Waals surface area contributed by atoms with Crippen molar-refractivity contribution in [3.63, 3.8) is 0 Å². The Bertz CT molecular complexity index is 139. The van der Waals surface area contributed by atoms with Gasteiger partial charge in [-0.25, -0.2) is 0 Å². The van der Waals surface area contributed by atoms with Crippen molar-refractivity contribution in [3.05, 3.63) is 12.2 Å². The molecule has 0 heterocycles. The van der Waals surface area contributed by atoms with E-state index < -0.39 is 0 Å². The molecule has 0 radical (unpaired) electrons. The fourth-order valence-electron chi connectivity index (χ4n) is 0.422. The van der Waals surface area contributed by atoms with Crippen molar-refractivity contribution in [2.24, 2.45) is 0 Å². The number of rotatable bonds is 2. The number of halogens is 1. The Labute approximate surface area is 68.8 Å². The number of quaternary nitrogens is 1. The SMILES string of the molecule is C[N+](C)(C)CC=CC#N.[Cl-]. The van der Waals surface area contributed by atoms with E-state index in [1.165, 1.54) is 6.08 Å². The number of hydrogen-bond donors (Lipinski definition) is 0. The summed E-state index contributed by atoms with van der Waals surface area (Å²) in [5.41, 5.74) is 0. The Morgan fingerprint density at radius 3 is 2.20 bits per heavy atom. The molecule has 0 spiro atoms. The van der Waals surface area contributed by atoms with E-state index in [1.54, 1.807) is 0 Å². The van der Waals surface area contributed by atoms with E-state index >= 15 is 0 Å². The van der Waals surface area contributed by atoms with Crippen molar-refractivity contribution in [1.29, 1.82) is 5.26 Å². The molecule has 0 atom stereocenters. The smallest absolute Gasteiger partial charge is 0.0977 e. The molecular weight excluding hydrogens is 148 g/mol. The number of nitrogens with zero attached hydrogens (tertiary/aromatic N) is 2. The molecule has 0 aliphatic rings. The molecule has 0 aliphatic heterocycles. The molecule has 0 saturated carbocycles. The predicted molar refractivity (Wildman–Crippen MR) is 37.7 cm³/mol. The highest BCUT2D eigenvalue weighted by molar-refractivity contribution is 5.01. The second kappa shape index (κ2) is 5.28. The maximum atomic E-state index is 8.12. The molecular formula is C7H13ClN2. The molecule has 0 fully saturated rings. The Kier molecular flexibility index (Phi) is 6.43. The summed E-state index contributed by atoms with van der Waals surface area (Å²) in [7, 11) is 6.26. The van der Waals surface area contributed by atoms with Crippen LogP contribution in [0, 0.1) is 11.3 Å². The molecule has 0 bridgehead atoms. The average Bonchev–Trinajstić information content (AvgIpc) is 1.63. The van der Waals surface area contributed by atoms with E-state index in [0.717, 1.165) is 11.0 Å². The van der Waals surface area contributed by atoms with Gasteiger partial charge in [-0.2, -0.15) is 5.26 Å². The van der Waals surface area contributed by atoms with Gasteiger partial charge in [0.1, 0.15) is 0 Å². The van der Waals surface area contributed by atoms with Crippen molar-refractivity contribution >= 4 is 0 Å². The van der Waals surface area contributed by atoms with Crippen LogP contribution in [0.15, 0.2) is 12.2 Å². The monoisotopic (exact) mass is 160 g/mol. The maximum Gasteiger partial charge on any atom is 0.0977 e. The first-order valence-corrected chi connectivity index (χ1v) is 2.91. The van der Waals surface area contributed by atoms with Crippen LogP contribution < -0.4 is 12.4 Å². The maximum absolute atomic E-state index is 8.12. The third kappa shape index (κ3) is 10.5. The van der Waals surface area contributed by atoms with Crippen molar-refractivity contribution < 1.29 is 16.9 Å². The summed E-state index contributed by atoms with van der Waals surface area (Å²) in [6, 6.07) is 1.95. The molecule has 58 valence electrons. The van der Waals surface area contributed by atoms with Crippen molar-refractivity contribution in [2.45, 2.75) is 0 Å². The van der Waals surface area contributed by atoms with Gasteiger partial charge in [0.05, 0.1) is 33.8 Å². The number of allylic oxidation sites excluding steroid dienone is 1. The van der Waals surface area contributed by atoms with E-state index in [9.17, 15) is 0 Å². The molecule has 0 rings (SSSR count). The standard InChI is InChI=1S/C7H13N2.ClH/c1-9(2,3)7-5-4-6-8;/h4-5H,7H2,1-3H3;1H/q+1;/p-1. The van der Waals surface area contributed by atoms with E-state index in [-0.39, 0.29) is 12.4 Å². The van der Waals surface area contributed by atoms with Crippen LogP contribution in [0.2, 0.25) is 0 Å². The summed E-state index contributed by atoms with van der Waals surface area (Å²) in [4.78, 5) is 0. The fraction of sp³-hybridized carbons (Fsp3) is 0.571. The summed E-state index contributed by atoms with van der Waals surface area (Å²) in [6.07, 6.45) is 3.39. The summed E-state index contributed by atoms with van der Waals surface area (Å²) >= 11 is 0. The highest BCUT2D eigenvalue weighted by atomic mass is 35.5. The lowest BCUT2D eigenvalue weighted by molar-refractivity contribution is -0.864. The van der Waals surface area contributed by atoms with Crippen molar-refractivity contribution in [3.8, 4) is 6.07 Å². The summed E-state index contributed by atoms with van der Waals surface area (Å²) in [5, 5.41) is 8.12. The first kappa shape index (κ1) is 12.2. The summed E-state index contributed by atoms with van der Waals surface area (Å²) in [6.45, 7) is 0.910. The van der Waals surface area contributed by atoms with Crippen LogP contribution in [0.3, 0.4) is 0 Å². The molecule has 0 unspecified atom stereocenters. The average molecular weight is 161 g/mol. The van der Waals surface area contributed by atoms with Gasteiger partial charge in [0.2, 0.25) is 0 Å². The fourth-order valence-corrected chi connectivity index (χ4v) is 0.422. The molecule has 10 heavy (non-hydrogen) atoms. The lowest BCUT2D eigenvalue weighted by Gasteiger charge is -2.21. The Morgan fingerprint density at radius 1 is 1.40 bits per heavy atom. The van der Waals surface area contributed by atoms with Gasteiger partial charge in [0, 0.05) is 6.08 Å². The van der Waals surface area contributed by atoms with Gasteiger partial charge in [0.15, 0.2) is 0 Å². The number of nitriles is 1. The lowest BCUT2D eigenvalue weighted by Crippen LogP contribution is -3.00. The Hall–Kier alpha value is -0.520. The summed E-state index contributed by atoms with van der Waals surface area (Å²) < 4.78 is 0.873. The quantitative estimate of drug-likeness (QED) is 0.332. The van der Waals surface area contributed by atoms with Crippen LogP contribution in [0.4, 0.5) is 0 Å². The van der Waals surface area contributed by atoms with Crippen molar-refractivity contribution in [1.82, 2.24) is 0 Å². The minimum Gasteiger partial charge on any atom is -1.00 e. The first-order valence-electron chi connectivity index (χ1n) is 2.91. The van der Waals surface area contributed by atoms with Crippen molar-refractivity contribution in [2.75, 3.05) is 27.7 Å². The molecule has 0 aromatic heterocycles. The molecule has 0 amide bonds. The topological polar surface area (TPSA) is 23.8 Å². The van der Waals surface area contributed by atoms with Crippen LogP contribution in [0.1, 0.15) is 0 Å². The van der Waals surface area contributed by atoms with Gasteiger partial charge in [-0.05, 0) is 6.08 Å². The van der Waals surface area contributed by atoms with Crippen LogP contribution in [-0.2, 0) is 0 Å². The molecule has 3 heteroatoms. The van der Waals surface area contributed by atoms with Gasteiger partial charge < -0.3 is 16.9 Å². The molecule has 0 saturated heterocycles. The van der Waals surface area contributed by atoms with Crippen LogP contribution in [-0.4, -0.2) is 32.2 Å². The van der Waals surface area contributed by atoms with Crippen LogP contribution in [0.5, 0.6) is 0 Å². The van der Waals surface area contributed by atoms with Gasteiger partial charge in [-0.15, -0.1) is 0 Å². The van der Waals surface area contributed by atoms with E-state index in [4.69, 9.17) is 5.26 Å². The zero-order chi connectivity index (χ0) is 7.33. The van der Waals surface area contributed by atoms with E-state index in [1.807, 2.05) is 12.1 Å². The largest absolute Gasteiger partial charge is 1.00 e. The Balaban J connectivity index is 0. The molecule has 0 aromatic carbocycles. The molecule has 0 aliphatic carbocycles. The zero-order valence-electron chi connectivity index (χ0n) is 6.63. The second-order valence-electron chi connectivity index (χ2n) is 3.00. The van der Waals surface area contributed by atoms with E-state index in [2.05, 4.69) is 21.1 Å². The van der Waals surface area contributed by atoms with Gasteiger partial charge in [-0.1, -0.05) is 0 Å². The number of hydrogen-bond acceptors (Lipinski definition) is 1. The van der Waals surface area contributed by atoms with Crippen LogP contribution in [0.25, 0.3) is 0 Å². The van der Waals surface area contributed by atoms with Gasteiger partial charge >= 0.3 is 0 Å². The first-order chi connectivity index (χ1) is 4.06. The van der Waals surface area contributed by atoms with Crippen LogP contribution >= 0.6 is 0 Å². The zero-order valence-corrected chi connectivity index (χ0v) is 7.39. The van der Waals surface area contributed by atoms with E-state index in [0.29, 0.717) is 0 Å². The predicted octanol–water partition coefficient (Wildman–Crippen LogP) is -2.22. The third-order valence-electron chi connectivity index (χ3n) is 0.846. The molecule has 0 aromatic rings. The Morgan fingerprint density at radius 2 is 1.90 bits per heavy atom. The summed E-state index contributed by atoms with van der Waals surface area (Å²) in [5.74, 6) is 0. The normalized spacial score (nSPS) is 10.6. The third-order valence-corrected chi connectivity index (χ3v) is 0.846. The second-order valence-corrected chi connectivity index (χ2v) is 3.00. The minimum atomic E-state index is 0. The van der Waals surface area contributed by atoms with Gasteiger partial charge in [-0.3, -0.25) is 0 Å². The minimum absolute atomic E-state index is 0. The highest BCUT2D eigenvalue weighted by Gasteiger charge is 2.00. The lowest BCUT2D eigenvalue weighted by atomic mass is 10.4. The molecule has 0 N–H and O–H groups in total. The molecule has 2 nitrogen and oxygen atoms in total. The van der Waals surface area contributed by atoms with Gasteiger partial charge in [0.25, 0.3) is 0 Å².